The minimum atomic E-state index is 0.309. The second-order valence-corrected chi connectivity index (χ2v) is 5.71. The molecule has 0 amide bonds. The molecule has 1 aliphatic heterocycles. The summed E-state index contributed by atoms with van der Waals surface area (Å²) >= 11 is 0. The average molecular weight is 261 g/mol. The highest BCUT2D eigenvalue weighted by atomic mass is 16.5. The fourth-order valence-corrected chi connectivity index (χ4v) is 3.05. The van der Waals surface area contributed by atoms with E-state index in [1.54, 1.807) is 0 Å². The molecule has 1 heterocycles. The van der Waals surface area contributed by atoms with Gasteiger partial charge >= 0.3 is 0 Å². The summed E-state index contributed by atoms with van der Waals surface area (Å²) in [6.45, 7) is 4.40. The van der Waals surface area contributed by atoms with Crippen LogP contribution in [0.2, 0.25) is 0 Å². The minimum Gasteiger partial charge on any atom is -0.492 e. The first kappa shape index (κ1) is 12.9. The van der Waals surface area contributed by atoms with Gasteiger partial charge in [0.25, 0.3) is 0 Å². The molecule has 1 aliphatic carbocycles. The lowest BCUT2D eigenvalue weighted by Gasteiger charge is -2.29. The number of fused-ring (bicyclic) bond motifs is 1. The quantitative estimate of drug-likeness (QED) is 0.906. The van der Waals surface area contributed by atoms with Crippen molar-refractivity contribution in [1.82, 2.24) is 5.32 Å². The molecule has 0 spiro atoms. The largest absolute Gasteiger partial charge is 0.492 e. The predicted molar refractivity (Wildman–Crippen MR) is 75.8 cm³/mol. The van der Waals surface area contributed by atoms with Crippen LogP contribution in [0.5, 0.6) is 5.75 Å². The Kier molecular flexibility index (Phi) is 4.04. The van der Waals surface area contributed by atoms with Crippen molar-refractivity contribution in [2.45, 2.75) is 44.7 Å². The van der Waals surface area contributed by atoms with Gasteiger partial charge in [0, 0.05) is 6.04 Å². The SMILES string of the molecule is CC1COCC(COc2cccc3c2CCCC3)N1. The lowest BCUT2D eigenvalue weighted by molar-refractivity contribution is 0.0352. The fourth-order valence-electron chi connectivity index (χ4n) is 3.05. The summed E-state index contributed by atoms with van der Waals surface area (Å²) in [6.07, 6.45) is 4.96. The Morgan fingerprint density at radius 2 is 2.16 bits per heavy atom. The zero-order chi connectivity index (χ0) is 13.1. The highest BCUT2D eigenvalue weighted by Crippen LogP contribution is 2.29. The molecule has 1 saturated heterocycles. The lowest BCUT2D eigenvalue weighted by atomic mass is 9.91. The smallest absolute Gasteiger partial charge is 0.122 e. The number of rotatable bonds is 3. The molecule has 2 unspecified atom stereocenters. The Labute approximate surface area is 115 Å². The van der Waals surface area contributed by atoms with E-state index in [1.807, 2.05) is 0 Å². The predicted octanol–water partition coefficient (Wildman–Crippen LogP) is 2.32. The highest BCUT2D eigenvalue weighted by molar-refractivity contribution is 5.41. The molecule has 0 bridgehead atoms. The molecule has 1 fully saturated rings. The van der Waals surface area contributed by atoms with Crippen LogP contribution in [-0.4, -0.2) is 31.9 Å². The summed E-state index contributed by atoms with van der Waals surface area (Å²) < 4.78 is 11.6. The maximum atomic E-state index is 6.05. The van der Waals surface area contributed by atoms with Gasteiger partial charge in [-0.1, -0.05) is 12.1 Å². The fraction of sp³-hybridized carbons (Fsp3) is 0.625. The average Bonchev–Trinajstić information content (AvgIpc) is 2.45. The number of aryl methyl sites for hydroxylation is 1. The van der Waals surface area contributed by atoms with Crippen LogP contribution in [0.15, 0.2) is 18.2 Å². The van der Waals surface area contributed by atoms with Gasteiger partial charge in [0.1, 0.15) is 12.4 Å². The van der Waals surface area contributed by atoms with Crippen LogP contribution in [0.1, 0.15) is 30.9 Å². The third kappa shape index (κ3) is 3.10. The molecule has 104 valence electrons. The van der Waals surface area contributed by atoms with Gasteiger partial charge in [0.15, 0.2) is 0 Å². The Morgan fingerprint density at radius 3 is 3.05 bits per heavy atom. The molecule has 19 heavy (non-hydrogen) atoms. The zero-order valence-electron chi connectivity index (χ0n) is 11.7. The Balaban J connectivity index is 1.63. The van der Waals surface area contributed by atoms with Gasteiger partial charge in [-0.05, 0) is 49.8 Å². The van der Waals surface area contributed by atoms with E-state index in [4.69, 9.17) is 9.47 Å². The standard InChI is InChI=1S/C16H23NO2/c1-12-9-18-10-14(17-12)11-19-16-8-4-6-13-5-2-3-7-15(13)16/h4,6,8,12,14,17H,2-3,5,7,9-11H2,1H3. The maximum absolute atomic E-state index is 6.05. The molecular formula is C16H23NO2. The second-order valence-electron chi connectivity index (χ2n) is 5.71. The molecule has 0 radical (unpaired) electrons. The van der Waals surface area contributed by atoms with Crippen molar-refractivity contribution in [3.63, 3.8) is 0 Å². The van der Waals surface area contributed by atoms with Gasteiger partial charge in [-0.2, -0.15) is 0 Å². The van der Waals surface area contributed by atoms with Crippen LogP contribution in [0.25, 0.3) is 0 Å². The number of hydrogen-bond acceptors (Lipinski definition) is 3. The molecule has 2 atom stereocenters. The van der Waals surface area contributed by atoms with E-state index in [9.17, 15) is 0 Å². The van der Waals surface area contributed by atoms with E-state index >= 15 is 0 Å². The number of hydrogen-bond donors (Lipinski definition) is 1. The Morgan fingerprint density at radius 1 is 1.26 bits per heavy atom. The summed E-state index contributed by atoms with van der Waals surface area (Å²) in [5, 5.41) is 3.52. The van der Waals surface area contributed by atoms with Crippen LogP contribution < -0.4 is 10.1 Å². The maximum Gasteiger partial charge on any atom is 0.122 e. The summed E-state index contributed by atoms with van der Waals surface area (Å²) in [7, 11) is 0. The van der Waals surface area contributed by atoms with Crippen molar-refractivity contribution in [2.75, 3.05) is 19.8 Å². The first-order chi connectivity index (χ1) is 9.33. The minimum absolute atomic E-state index is 0.309. The molecule has 1 N–H and O–H groups in total. The Hall–Kier alpha value is -1.06. The van der Waals surface area contributed by atoms with E-state index in [1.165, 1.54) is 30.4 Å². The third-order valence-electron chi connectivity index (χ3n) is 4.00. The lowest BCUT2D eigenvalue weighted by Crippen LogP contribution is -2.50. The van der Waals surface area contributed by atoms with Crippen molar-refractivity contribution in [1.29, 1.82) is 0 Å². The van der Waals surface area contributed by atoms with Crippen molar-refractivity contribution in [3.8, 4) is 5.75 Å². The third-order valence-corrected chi connectivity index (χ3v) is 4.00. The van der Waals surface area contributed by atoms with E-state index in [2.05, 4.69) is 30.4 Å². The molecule has 3 rings (SSSR count). The van der Waals surface area contributed by atoms with Crippen molar-refractivity contribution < 1.29 is 9.47 Å². The van der Waals surface area contributed by atoms with Crippen molar-refractivity contribution in [2.24, 2.45) is 0 Å². The topological polar surface area (TPSA) is 30.5 Å². The zero-order valence-corrected chi connectivity index (χ0v) is 11.7. The van der Waals surface area contributed by atoms with Crippen LogP contribution in [0.3, 0.4) is 0 Å². The second kappa shape index (κ2) is 5.93. The molecule has 1 aromatic carbocycles. The molecule has 3 nitrogen and oxygen atoms in total. The van der Waals surface area contributed by atoms with Crippen LogP contribution in [0, 0.1) is 0 Å². The van der Waals surface area contributed by atoms with Crippen LogP contribution in [-0.2, 0) is 17.6 Å². The molecule has 0 saturated carbocycles. The van der Waals surface area contributed by atoms with E-state index in [0.29, 0.717) is 18.7 Å². The first-order valence-electron chi connectivity index (χ1n) is 7.40. The van der Waals surface area contributed by atoms with Gasteiger partial charge in [-0.15, -0.1) is 0 Å². The molecular weight excluding hydrogens is 238 g/mol. The van der Waals surface area contributed by atoms with Crippen LogP contribution >= 0.6 is 0 Å². The summed E-state index contributed by atoms with van der Waals surface area (Å²) in [4.78, 5) is 0. The first-order valence-corrected chi connectivity index (χ1v) is 7.40. The molecule has 2 aliphatic rings. The number of nitrogens with one attached hydrogen (secondary N) is 1. The molecule has 0 aromatic heterocycles. The van der Waals surface area contributed by atoms with E-state index in [0.717, 1.165) is 25.4 Å². The van der Waals surface area contributed by atoms with Gasteiger partial charge in [-0.3, -0.25) is 0 Å². The van der Waals surface area contributed by atoms with Crippen LogP contribution in [0.4, 0.5) is 0 Å². The number of morpholine rings is 1. The van der Waals surface area contributed by atoms with Gasteiger partial charge in [0.05, 0.1) is 19.3 Å². The van der Waals surface area contributed by atoms with Crippen molar-refractivity contribution in [3.05, 3.63) is 29.3 Å². The number of benzene rings is 1. The van der Waals surface area contributed by atoms with E-state index in [-0.39, 0.29) is 0 Å². The summed E-state index contributed by atoms with van der Waals surface area (Å²) in [5.41, 5.74) is 2.91. The van der Waals surface area contributed by atoms with Gasteiger partial charge in [-0.25, -0.2) is 0 Å². The summed E-state index contributed by atoms with van der Waals surface area (Å²) in [6, 6.07) is 7.20. The molecule has 1 aromatic rings. The van der Waals surface area contributed by atoms with Crippen molar-refractivity contribution >= 4 is 0 Å². The monoisotopic (exact) mass is 261 g/mol. The van der Waals surface area contributed by atoms with E-state index < -0.39 is 0 Å². The molecule has 3 heteroatoms. The van der Waals surface area contributed by atoms with Gasteiger partial charge < -0.3 is 14.8 Å². The summed E-state index contributed by atoms with van der Waals surface area (Å²) in [5.74, 6) is 1.08. The highest BCUT2D eigenvalue weighted by Gasteiger charge is 2.20. The number of ether oxygens (including phenoxy) is 2. The normalized spacial score (nSPS) is 26.8. The van der Waals surface area contributed by atoms with Gasteiger partial charge in [0.2, 0.25) is 0 Å². The Bertz CT molecular complexity index is 433.